The molecule has 2 aromatic rings. The number of anilines is 1. The van der Waals surface area contributed by atoms with E-state index in [2.05, 4.69) is 15.2 Å². The first-order valence-corrected chi connectivity index (χ1v) is 7.34. The van der Waals surface area contributed by atoms with E-state index in [0.717, 1.165) is 12.1 Å². The van der Waals surface area contributed by atoms with Gasteiger partial charge in [0.1, 0.15) is 6.33 Å². The predicted molar refractivity (Wildman–Crippen MR) is 74.4 cm³/mol. The molecule has 0 aliphatic carbocycles. The molecule has 1 aliphatic rings. The highest BCUT2D eigenvalue weighted by atomic mass is 32.2. The quantitative estimate of drug-likeness (QED) is 0.941. The summed E-state index contributed by atoms with van der Waals surface area (Å²) in [5.41, 5.74) is -0.255. The van der Waals surface area contributed by atoms with E-state index in [4.69, 9.17) is 0 Å². The summed E-state index contributed by atoms with van der Waals surface area (Å²) in [6.07, 6.45) is -2.42. The minimum absolute atomic E-state index is 0.138. The lowest BCUT2D eigenvalue weighted by molar-refractivity contribution is -0.137. The van der Waals surface area contributed by atoms with Gasteiger partial charge < -0.3 is 4.90 Å². The van der Waals surface area contributed by atoms with Crippen LogP contribution < -0.4 is 4.90 Å². The third-order valence-electron chi connectivity index (χ3n) is 3.31. The molecule has 9 heteroatoms. The second kappa shape index (κ2) is 5.64. The molecule has 1 N–H and O–H groups in total. The second-order valence-corrected chi connectivity index (χ2v) is 5.91. The van der Waals surface area contributed by atoms with Crippen LogP contribution in [0, 0.1) is 0 Å². The molecule has 1 aromatic heterocycles. The summed E-state index contributed by atoms with van der Waals surface area (Å²) in [6, 6.07) is 4.61. The van der Waals surface area contributed by atoms with Gasteiger partial charge in [0.15, 0.2) is 5.16 Å². The van der Waals surface area contributed by atoms with E-state index in [9.17, 15) is 18.0 Å². The fourth-order valence-electron chi connectivity index (χ4n) is 2.24. The number of aromatic amines is 1. The summed E-state index contributed by atoms with van der Waals surface area (Å²) in [7, 11) is 0. The van der Waals surface area contributed by atoms with E-state index in [1.807, 2.05) is 0 Å². The Hall–Kier alpha value is -2.03. The molecule has 0 bridgehead atoms. The van der Waals surface area contributed by atoms with Crippen molar-refractivity contribution in [3.63, 3.8) is 0 Å². The lowest BCUT2D eigenvalue weighted by Crippen LogP contribution is -2.28. The van der Waals surface area contributed by atoms with Crippen LogP contribution in [0.15, 0.2) is 35.7 Å². The van der Waals surface area contributed by atoms with E-state index < -0.39 is 11.7 Å². The summed E-state index contributed by atoms with van der Waals surface area (Å²) in [6.45, 7) is 0.468. The van der Waals surface area contributed by atoms with Crippen LogP contribution in [0.25, 0.3) is 0 Å². The fraction of sp³-hybridized carbons (Fsp3) is 0.308. The maximum Gasteiger partial charge on any atom is 0.416 e. The van der Waals surface area contributed by atoms with Crippen LogP contribution >= 0.6 is 11.8 Å². The Bertz CT molecular complexity index is 657. The first-order chi connectivity index (χ1) is 10.4. The van der Waals surface area contributed by atoms with Crippen molar-refractivity contribution in [2.75, 3.05) is 11.4 Å². The molecule has 0 saturated carbocycles. The van der Waals surface area contributed by atoms with Crippen LogP contribution in [-0.4, -0.2) is 32.9 Å². The number of hydrogen-bond donors (Lipinski definition) is 1. The number of H-pyrrole nitrogens is 1. The van der Waals surface area contributed by atoms with Gasteiger partial charge in [-0.15, -0.1) is 0 Å². The van der Waals surface area contributed by atoms with Gasteiger partial charge in [0.2, 0.25) is 5.91 Å². The minimum atomic E-state index is -4.38. The first-order valence-electron chi connectivity index (χ1n) is 6.46. The number of nitrogens with zero attached hydrogens (tertiary/aromatic N) is 3. The van der Waals surface area contributed by atoms with Crippen molar-refractivity contribution >= 4 is 23.4 Å². The maximum atomic E-state index is 12.5. The van der Waals surface area contributed by atoms with Gasteiger partial charge in [-0.25, -0.2) is 4.98 Å². The number of carbonyl (C=O) groups is 1. The molecule has 1 amide bonds. The number of carbonyl (C=O) groups excluding carboxylic acids is 1. The molecule has 5 nitrogen and oxygen atoms in total. The van der Waals surface area contributed by atoms with Crippen molar-refractivity contribution in [1.82, 2.24) is 15.2 Å². The standard InChI is InChI=1S/C13H11F3N4OS/c14-13(15,16)8-1-3-9(4-2-8)20-6-5-10(11(20)21)22-12-17-7-18-19-12/h1-4,7,10H,5-6H2,(H,17,18,19)/t10-/m0/s1. The van der Waals surface area contributed by atoms with Gasteiger partial charge in [-0.1, -0.05) is 11.8 Å². The van der Waals surface area contributed by atoms with Crippen LogP contribution in [0.4, 0.5) is 18.9 Å². The Kier molecular flexibility index (Phi) is 3.81. The van der Waals surface area contributed by atoms with E-state index >= 15 is 0 Å². The largest absolute Gasteiger partial charge is 0.416 e. The average molecular weight is 328 g/mol. The molecule has 0 spiro atoms. The van der Waals surface area contributed by atoms with Crippen LogP contribution in [-0.2, 0) is 11.0 Å². The molecule has 116 valence electrons. The number of thioether (sulfide) groups is 1. The number of halogens is 3. The van der Waals surface area contributed by atoms with Crippen LogP contribution in [0.5, 0.6) is 0 Å². The molecule has 0 radical (unpaired) electrons. The fourth-order valence-corrected chi connectivity index (χ4v) is 3.17. The number of amides is 1. The zero-order chi connectivity index (χ0) is 15.7. The van der Waals surface area contributed by atoms with Crippen molar-refractivity contribution in [3.05, 3.63) is 36.2 Å². The lowest BCUT2D eigenvalue weighted by atomic mass is 10.2. The van der Waals surface area contributed by atoms with E-state index in [1.165, 1.54) is 35.1 Å². The topological polar surface area (TPSA) is 61.9 Å². The summed E-state index contributed by atoms with van der Waals surface area (Å²) >= 11 is 1.27. The Morgan fingerprint density at radius 3 is 2.59 bits per heavy atom. The van der Waals surface area contributed by atoms with Crippen molar-refractivity contribution in [1.29, 1.82) is 0 Å². The summed E-state index contributed by atoms with van der Waals surface area (Å²) in [5.74, 6) is -0.138. The highest BCUT2D eigenvalue weighted by Gasteiger charge is 2.35. The number of rotatable bonds is 3. The van der Waals surface area contributed by atoms with Crippen molar-refractivity contribution in [2.24, 2.45) is 0 Å². The van der Waals surface area contributed by atoms with Crippen LogP contribution in [0.2, 0.25) is 0 Å². The van der Waals surface area contributed by atoms with E-state index in [1.54, 1.807) is 0 Å². The normalized spacial score (nSPS) is 19.0. The van der Waals surface area contributed by atoms with Gasteiger partial charge >= 0.3 is 6.18 Å². The van der Waals surface area contributed by atoms with Gasteiger partial charge in [-0.05, 0) is 30.7 Å². The van der Waals surface area contributed by atoms with E-state index in [-0.39, 0.29) is 11.2 Å². The third-order valence-corrected chi connectivity index (χ3v) is 4.45. The van der Waals surface area contributed by atoms with Crippen molar-refractivity contribution < 1.29 is 18.0 Å². The first kappa shape index (κ1) is 14.9. The maximum absolute atomic E-state index is 12.5. The Morgan fingerprint density at radius 1 is 1.27 bits per heavy atom. The number of hydrogen-bond acceptors (Lipinski definition) is 4. The van der Waals surface area contributed by atoms with Gasteiger partial charge in [-0.2, -0.15) is 18.3 Å². The number of benzene rings is 1. The van der Waals surface area contributed by atoms with Crippen molar-refractivity contribution in [2.45, 2.75) is 23.0 Å². The van der Waals surface area contributed by atoms with Gasteiger partial charge in [0.05, 0.1) is 10.8 Å². The summed E-state index contributed by atoms with van der Waals surface area (Å²) in [4.78, 5) is 17.8. The van der Waals surface area contributed by atoms with Crippen molar-refractivity contribution in [3.8, 4) is 0 Å². The summed E-state index contributed by atoms with van der Waals surface area (Å²) < 4.78 is 37.6. The lowest BCUT2D eigenvalue weighted by Gasteiger charge is -2.17. The van der Waals surface area contributed by atoms with Crippen LogP contribution in [0.3, 0.4) is 0 Å². The zero-order valence-electron chi connectivity index (χ0n) is 11.2. The molecule has 2 heterocycles. The Morgan fingerprint density at radius 2 is 2.00 bits per heavy atom. The molecule has 3 rings (SSSR count). The molecular formula is C13H11F3N4OS. The molecule has 1 saturated heterocycles. The predicted octanol–water partition coefficient (Wildman–Crippen LogP) is 2.72. The van der Waals surface area contributed by atoms with Crippen LogP contribution in [0.1, 0.15) is 12.0 Å². The van der Waals surface area contributed by atoms with E-state index in [0.29, 0.717) is 23.8 Å². The SMILES string of the molecule is O=C1[C@@H](Sc2ncn[nH]2)CCN1c1ccc(C(F)(F)F)cc1. The summed E-state index contributed by atoms with van der Waals surface area (Å²) in [5, 5.41) is 6.62. The molecule has 0 unspecified atom stereocenters. The molecule has 22 heavy (non-hydrogen) atoms. The molecule has 1 aromatic carbocycles. The number of alkyl halides is 3. The second-order valence-electron chi connectivity index (χ2n) is 4.72. The highest BCUT2D eigenvalue weighted by molar-refractivity contribution is 8.00. The van der Waals surface area contributed by atoms with Gasteiger partial charge in [0.25, 0.3) is 0 Å². The third kappa shape index (κ3) is 2.94. The average Bonchev–Trinajstić information content (AvgIpc) is 3.10. The smallest absolute Gasteiger partial charge is 0.311 e. The highest BCUT2D eigenvalue weighted by Crippen LogP contribution is 2.34. The minimum Gasteiger partial charge on any atom is -0.311 e. The zero-order valence-corrected chi connectivity index (χ0v) is 12.0. The molecular weight excluding hydrogens is 317 g/mol. The Balaban J connectivity index is 1.72. The van der Waals surface area contributed by atoms with Gasteiger partial charge in [-0.3, -0.25) is 9.89 Å². The number of nitrogens with one attached hydrogen (secondary N) is 1. The van der Waals surface area contributed by atoms with Gasteiger partial charge in [0, 0.05) is 12.2 Å². The molecule has 1 aliphatic heterocycles. The monoisotopic (exact) mass is 328 g/mol. The Labute approximate surface area is 127 Å². The molecule has 1 fully saturated rings. The number of aromatic nitrogens is 3. The molecule has 1 atom stereocenters.